The lowest BCUT2D eigenvalue weighted by Gasteiger charge is -2.22. The smallest absolute Gasteiger partial charge is 0.0642 e. The molecule has 3 N–H and O–H groups in total. The van der Waals surface area contributed by atoms with Crippen LogP contribution in [0.4, 0.5) is 11.4 Å². The van der Waals surface area contributed by atoms with Crippen LogP contribution in [0, 0.1) is 0 Å². The number of hydrogen-bond acceptors (Lipinski definition) is 3. The molecule has 0 aliphatic heterocycles. The van der Waals surface area contributed by atoms with Crippen LogP contribution < -0.4 is 11.1 Å². The Hall–Kier alpha value is -1.22. The predicted molar refractivity (Wildman–Crippen MR) is 72.2 cm³/mol. The molecule has 1 aliphatic carbocycles. The van der Waals surface area contributed by atoms with E-state index in [2.05, 4.69) is 5.32 Å². The van der Waals surface area contributed by atoms with Gasteiger partial charge in [-0.05, 0) is 37.1 Å². The highest BCUT2D eigenvalue weighted by atomic mass is 16.5. The van der Waals surface area contributed by atoms with Gasteiger partial charge in [0.1, 0.15) is 0 Å². The van der Waals surface area contributed by atoms with E-state index in [1.165, 1.54) is 32.1 Å². The summed E-state index contributed by atoms with van der Waals surface area (Å²) in [6.07, 6.45) is 7.01. The third-order valence-electron chi connectivity index (χ3n) is 3.25. The quantitative estimate of drug-likeness (QED) is 0.608. The molecular formula is C14H22N2O. The van der Waals surface area contributed by atoms with Crippen LogP contribution in [0.3, 0.4) is 0 Å². The molecule has 0 atom stereocenters. The van der Waals surface area contributed by atoms with E-state index in [0.717, 1.165) is 24.5 Å². The maximum atomic E-state index is 5.84. The fourth-order valence-corrected chi connectivity index (χ4v) is 2.25. The second-order valence-electron chi connectivity index (χ2n) is 4.68. The number of nitrogen functional groups attached to an aromatic ring is 1. The molecule has 0 aromatic heterocycles. The highest BCUT2D eigenvalue weighted by Gasteiger charge is 2.12. The van der Waals surface area contributed by atoms with Crippen molar-refractivity contribution >= 4 is 11.4 Å². The average molecular weight is 234 g/mol. The van der Waals surface area contributed by atoms with E-state index in [0.29, 0.717) is 6.10 Å². The van der Waals surface area contributed by atoms with Gasteiger partial charge in [-0.15, -0.1) is 0 Å². The second kappa shape index (κ2) is 6.50. The van der Waals surface area contributed by atoms with Crippen LogP contribution in [0.2, 0.25) is 0 Å². The molecule has 0 saturated heterocycles. The Labute approximate surface area is 103 Å². The third kappa shape index (κ3) is 4.27. The molecule has 0 spiro atoms. The molecule has 0 amide bonds. The highest BCUT2D eigenvalue weighted by Crippen LogP contribution is 2.20. The largest absolute Gasteiger partial charge is 0.399 e. The summed E-state index contributed by atoms with van der Waals surface area (Å²) >= 11 is 0. The number of benzene rings is 1. The van der Waals surface area contributed by atoms with Crippen molar-refractivity contribution < 1.29 is 4.74 Å². The first-order chi connectivity index (χ1) is 8.34. The van der Waals surface area contributed by atoms with Gasteiger partial charge in [0.25, 0.3) is 0 Å². The monoisotopic (exact) mass is 234 g/mol. The molecule has 94 valence electrons. The summed E-state index contributed by atoms with van der Waals surface area (Å²) in [5.74, 6) is 0. The molecule has 0 heterocycles. The molecule has 1 saturated carbocycles. The summed E-state index contributed by atoms with van der Waals surface area (Å²) in [6, 6.07) is 7.81. The van der Waals surface area contributed by atoms with E-state index in [9.17, 15) is 0 Å². The van der Waals surface area contributed by atoms with Crippen LogP contribution in [0.5, 0.6) is 0 Å². The van der Waals surface area contributed by atoms with Gasteiger partial charge in [-0.3, -0.25) is 0 Å². The molecule has 2 rings (SSSR count). The zero-order valence-electron chi connectivity index (χ0n) is 10.3. The molecule has 0 radical (unpaired) electrons. The first-order valence-electron chi connectivity index (χ1n) is 6.55. The average Bonchev–Trinajstić information content (AvgIpc) is 2.38. The van der Waals surface area contributed by atoms with Gasteiger partial charge in [0, 0.05) is 17.9 Å². The molecule has 1 aromatic carbocycles. The molecule has 3 heteroatoms. The molecule has 0 unspecified atom stereocenters. The number of nitrogens with two attached hydrogens (primary N) is 1. The minimum atomic E-state index is 0.497. The number of nitrogens with one attached hydrogen (secondary N) is 1. The summed E-state index contributed by atoms with van der Waals surface area (Å²) in [4.78, 5) is 0. The Morgan fingerprint density at radius 3 is 2.53 bits per heavy atom. The van der Waals surface area contributed by atoms with E-state index in [1.807, 2.05) is 24.3 Å². The van der Waals surface area contributed by atoms with Gasteiger partial charge in [0.15, 0.2) is 0 Å². The molecule has 17 heavy (non-hydrogen) atoms. The van der Waals surface area contributed by atoms with E-state index < -0.39 is 0 Å². The zero-order chi connectivity index (χ0) is 11.9. The lowest BCUT2D eigenvalue weighted by molar-refractivity contribution is 0.0347. The van der Waals surface area contributed by atoms with E-state index in [-0.39, 0.29) is 0 Å². The fourth-order valence-electron chi connectivity index (χ4n) is 2.25. The van der Waals surface area contributed by atoms with Crippen molar-refractivity contribution in [3.8, 4) is 0 Å². The van der Waals surface area contributed by atoms with Crippen LogP contribution in [-0.2, 0) is 4.74 Å². The lowest BCUT2D eigenvalue weighted by atomic mass is 9.98. The normalized spacial score (nSPS) is 16.9. The Morgan fingerprint density at radius 1 is 1.12 bits per heavy atom. The topological polar surface area (TPSA) is 47.3 Å². The van der Waals surface area contributed by atoms with Crippen molar-refractivity contribution in [3.05, 3.63) is 24.3 Å². The number of ether oxygens (including phenoxy) is 1. The van der Waals surface area contributed by atoms with Crippen molar-refractivity contribution in [2.75, 3.05) is 24.2 Å². The van der Waals surface area contributed by atoms with E-state index >= 15 is 0 Å². The number of rotatable bonds is 5. The van der Waals surface area contributed by atoms with Gasteiger partial charge in [0.2, 0.25) is 0 Å². The summed E-state index contributed by atoms with van der Waals surface area (Å²) in [7, 11) is 0. The van der Waals surface area contributed by atoms with Gasteiger partial charge in [-0.25, -0.2) is 0 Å². The maximum absolute atomic E-state index is 5.84. The summed E-state index contributed by atoms with van der Waals surface area (Å²) in [5, 5.41) is 3.33. The van der Waals surface area contributed by atoms with Crippen molar-refractivity contribution in [1.29, 1.82) is 0 Å². The van der Waals surface area contributed by atoms with Gasteiger partial charge >= 0.3 is 0 Å². The Bertz CT molecular complexity index is 317. The zero-order valence-corrected chi connectivity index (χ0v) is 10.3. The predicted octanol–water partition coefficient (Wildman–Crippen LogP) is 3.03. The van der Waals surface area contributed by atoms with Crippen LogP contribution in [0.25, 0.3) is 0 Å². The van der Waals surface area contributed by atoms with E-state index in [1.54, 1.807) is 0 Å². The van der Waals surface area contributed by atoms with Gasteiger partial charge in [-0.1, -0.05) is 19.3 Å². The molecule has 3 nitrogen and oxygen atoms in total. The minimum Gasteiger partial charge on any atom is -0.399 e. The minimum absolute atomic E-state index is 0.497. The molecule has 1 fully saturated rings. The van der Waals surface area contributed by atoms with Gasteiger partial charge < -0.3 is 15.8 Å². The number of anilines is 2. The van der Waals surface area contributed by atoms with Crippen molar-refractivity contribution in [1.82, 2.24) is 0 Å². The van der Waals surface area contributed by atoms with Crippen molar-refractivity contribution in [2.45, 2.75) is 38.2 Å². The molecule has 0 bridgehead atoms. The van der Waals surface area contributed by atoms with Crippen molar-refractivity contribution in [2.24, 2.45) is 0 Å². The lowest BCUT2D eigenvalue weighted by Crippen LogP contribution is -2.20. The standard InChI is InChI=1S/C14H22N2O/c15-12-6-8-13(9-7-12)16-10-11-17-14-4-2-1-3-5-14/h6-9,14,16H,1-5,10-11,15H2. The summed E-state index contributed by atoms with van der Waals surface area (Å²) in [6.45, 7) is 1.65. The van der Waals surface area contributed by atoms with Crippen LogP contribution in [-0.4, -0.2) is 19.3 Å². The molecule has 1 aliphatic rings. The Balaban J connectivity index is 1.60. The van der Waals surface area contributed by atoms with Crippen molar-refractivity contribution in [3.63, 3.8) is 0 Å². The summed E-state index contributed by atoms with van der Waals surface area (Å²) < 4.78 is 5.84. The van der Waals surface area contributed by atoms with Crippen LogP contribution >= 0.6 is 0 Å². The first-order valence-corrected chi connectivity index (χ1v) is 6.55. The Morgan fingerprint density at radius 2 is 1.82 bits per heavy atom. The highest BCUT2D eigenvalue weighted by molar-refractivity contribution is 5.51. The maximum Gasteiger partial charge on any atom is 0.0642 e. The fraction of sp³-hybridized carbons (Fsp3) is 0.571. The van der Waals surface area contributed by atoms with Gasteiger partial charge in [-0.2, -0.15) is 0 Å². The SMILES string of the molecule is Nc1ccc(NCCOC2CCCCC2)cc1. The first kappa shape index (κ1) is 12.2. The number of hydrogen-bond donors (Lipinski definition) is 2. The Kier molecular flexibility index (Phi) is 4.68. The van der Waals surface area contributed by atoms with Gasteiger partial charge in [0.05, 0.1) is 12.7 Å². The second-order valence-corrected chi connectivity index (χ2v) is 4.68. The third-order valence-corrected chi connectivity index (χ3v) is 3.25. The van der Waals surface area contributed by atoms with Crippen LogP contribution in [0.1, 0.15) is 32.1 Å². The molecular weight excluding hydrogens is 212 g/mol. The van der Waals surface area contributed by atoms with Crippen LogP contribution in [0.15, 0.2) is 24.3 Å². The van der Waals surface area contributed by atoms with E-state index in [4.69, 9.17) is 10.5 Å². The molecule has 1 aromatic rings. The summed E-state index contributed by atoms with van der Waals surface area (Å²) in [5.41, 5.74) is 7.53.